The van der Waals surface area contributed by atoms with Crippen LogP contribution in [0.15, 0.2) is 16.7 Å². The van der Waals surface area contributed by atoms with Crippen LogP contribution in [0.5, 0.6) is 0 Å². The Bertz CT molecular complexity index is 472. The van der Waals surface area contributed by atoms with Gasteiger partial charge in [-0.3, -0.25) is 4.79 Å². The number of hydrogen-bond donors (Lipinski definition) is 2. The number of nitrogens with one attached hydrogen (secondary N) is 1. The minimum absolute atomic E-state index is 0.132. The van der Waals surface area contributed by atoms with Crippen molar-refractivity contribution in [1.82, 2.24) is 5.32 Å². The standard InChI is InChI=1S/C14H21NO5/c1-9-5-7-19-11(9)12(16)15-10(13(17)18)6-8-20-14(2,3)4/h5,7,10H,6,8H2,1-4H3,(H,15,16)(H,17,18). The first-order valence-electron chi connectivity index (χ1n) is 6.42. The molecule has 0 fully saturated rings. The molecule has 0 spiro atoms. The summed E-state index contributed by atoms with van der Waals surface area (Å²) in [6.07, 6.45) is 1.58. The second-order valence-electron chi connectivity index (χ2n) is 5.55. The molecule has 20 heavy (non-hydrogen) atoms. The molecule has 0 saturated heterocycles. The molecule has 0 aromatic carbocycles. The molecule has 6 nitrogen and oxygen atoms in total. The molecule has 0 radical (unpaired) electrons. The predicted octanol–water partition coefficient (Wildman–Crippen LogP) is 1.98. The van der Waals surface area contributed by atoms with E-state index in [0.717, 1.165) is 0 Å². The molecule has 0 aliphatic rings. The first-order valence-corrected chi connectivity index (χ1v) is 6.42. The second-order valence-corrected chi connectivity index (χ2v) is 5.55. The molecule has 1 rings (SSSR count). The molecule has 2 N–H and O–H groups in total. The summed E-state index contributed by atoms with van der Waals surface area (Å²) in [5.41, 5.74) is 0.322. The summed E-state index contributed by atoms with van der Waals surface area (Å²) in [6.45, 7) is 7.61. The first-order chi connectivity index (χ1) is 9.20. The Kier molecular flexibility index (Phi) is 5.33. The van der Waals surface area contributed by atoms with E-state index in [2.05, 4.69) is 5.32 Å². The van der Waals surface area contributed by atoms with Gasteiger partial charge in [-0.1, -0.05) is 0 Å². The fourth-order valence-electron chi connectivity index (χ4n) is 1.57. The monoisotopic (exact) mass is 283 g/mol. The fourth-order valence-corrected chi connectivity index (χ4v) is 1.57. The third-order valence-electron chi connectivity index (χ3n) is 2.61. The van der Waals surface area contributed by atoms with E-state index in [1.165, 1.54) is 6.26 Å². The molecule has 1 heterocycles. The van der Waals surface area contributed by atoms with Crippen molar-refractivity contribution in [3.05, 3.63) is 23.7 Å². The van der Waals surface area contributed by atoms with E-state index >= 15 is 0 Å². The number of aliphatic carboxylic acids is 1. The molecule has 6 heteroatoms. The summed E-state index contributed by atoms with van der Waals surface area (Å²) < 4.78 is 10.5. The van der Waals surface area contributed by atoms with Crippen LogP contribution in [-0.4, -0.2) is 35.2 Å². The zero-order chi connectivity index (χ0) is 15.3. The summed E-state index contributed by atoms with van der Waals surface area (Å²) in [4.78, 5) is 23.0. The van der Waals surface area contributed by atoms with Crippen LogP contribution in [0.1, 0.15) is 43.3 Å². The Balaban J connectivity index is 2.58. The Morgan fingerprint density at radius 2 is 2.10 bits per heavy atom. The highest BCUT2D eigenvalue weighted by Crippen LogP contribution is 2.10. The molecule has 1 aromatic rings. The van der Waals surface area contributed by atoms with Crippen LogP contribution < -0.4 is 5.32 Å². The number of carbonyl (C=O) groups excluding carboxylic acids is 1. The number of aryl methyl sites for hydroxylation is 1. The van der Waals surface area contributed by atoms with Crippen molar-refractivity contribution in [2.75, 3.05) is 6.61 Å². The molecule has 112 valence electrons. The Morgan fingerprint density at radius 1 is 1.45 bits per heavy atom. The average Bonchev–Trinajstić information content (AvgIpc) is 2.72. The van der Waals surface area contributed by atoms with Crippen LogP contribution in [0.3, 0.4) is 0 Å². The van der Waals surface area contributed by atoms with E-state index in [0.29, 0.717) is 5.56 Å². The lowest BCUT2D eigenvalue weighted by atomic mass is 10.1. The highest BCUT2D eigenvalue weighted by molar-refractivity contribution is 5.95. The van der Waals surface area contributed by atoms with Gasteiger partial charge in [-0.05, 0) is 33.8 Å². The molecule has 1 unspecified atom stereocenters. The molecule has 0 saturated carbocycles. The summed E-state index contributed by atoms with van der Waals surface area (Å²) in [6, 6.07) is 0.641. The molecular weight excluding hydrogens is 262 g/mol. The maximum Gasteiger partial charge on any atom is 0.326 e. The maximum atomic E-state index is 11.9. The van der Waals surface area contributed by atoms with E-state index in [-0.39, 0.29) is 24.4 Å². The number of carboxylic acids is 1. The third-order valence-corrected chi connectivity index (χ3v) is 2.61. The lowest BCUT2D eigenvalue weighted by Crippen LogP contribution is -2.42. The molecule has 0 aliphatic carbocycles. The Hall–Kier alpha value is -1.82. The lowest BCUT2D eigenvalue weighted by Gasteiger charge is -2.21. The summed E-state index contributed by atoms with van der Waals surface area (Å²) in [7, 11) is 0. The van der Waals surface area contributed by atoms with Crippen LogP contribution in [-0.2, 0) is 9.53 Å². The van der Waals surface area contributed by atoms with Crippen molar-refractivity contribution in [1.29, 1.82) is 0 Å². The van der Waals surface area contributed by atoms with Gasteiger partial charge in [0, 0.05) is 18.6 Å². The summed E-state index contributed by atoms with van der Waals surface area (Å²) in [5, 5.41) is 11.6. The minimum Gasteiger partial charge on any atom is -0.480 e. The van der Waals surface area contributed by atoms with E-state index < -0.39 is 17.9 Å². The van der Waals surface area contributed by atoms with E-state index in [4.69, 9.17) is 14.3 Å². The number of carboxylic acid groups (broad SMARTS) is 1. The van der Waals surface area contributed by atoms with Gasteiger partial charge in [0.2, 0.25) is 0 Å². The predicted molar refractivity (Wildman–Crippen MR) is 72.7 cm³/mol. The Morgan fingerprint density at radius 3 is 2.55 bits per heavy atom. The van der Waals surface area contributed by atoms with Crippen molar-refractivity contribution in [3.8, 4) is 0 Å². The molecule has 1 aromatic heterocycles. The number of hydrogen-bond acceptors (Lipinski definition) is 4. The Labute approximate surface area is 118 Å². The SMILES string of the molecule is Cc1ccoc1C(=O)NC(CCOC(C)(C)C)C(=O)O. The van der Waals surface area contributed by atoms with Crippen molar-refractivity contribution < 1.29 is 23.8 Å². The summed E-state index contributed by atoms with van der Waals surface area (Å²) >= 11 is 0. The van der Waals surface area contributed by atoms with Gasteiger partial charge in [-0.2, -0.15) is 0 Å². The van der Waals surface area contributed by atoms with Gasteiger partial charge in [0.05, 0.1) is 11.9 Å². The van der Waals surface area contributed by atoms with Crippen LogP contribution in [0.4, 0.5) is 0 Å². The fraction of sp³-hybridized carbons (Fsp3) is 0.571. The third kappa shape index (κ3) is 5.05. The van der Waals surface area contributed by atoms with Gasteiger partial charge in [0.15, 0.2) is 5.76 Å². The van der Waals surface area contributed by atoms with Crippen molar-refractivity contribution in [2.24, 2.45) is 0 Å². The van der Waals surface area contributed by atoms with E-state index in [9.17, 15) is 9.59 Å². The highest BCUT2D eigenvalue weighted by atomic mass is 16.5. The number of rotatable bonds is 6. The van der Waals surface area contributed by atoms with Crippen molar-refractivity contribution in [3.63, 3.8) is 0 Å². The van der Waals surface area contributed by atoms with Gasteiger partial charge in [0.25, 0.3) is 5.91 Å². The molecule has 0 bridgehead atoms. The number of amides is 1. The van der Waals surface area contributed by atoms with Gasteiger partial charge < -0.3 is 19.6 Å². The smallest absolute Gasteiger partial charge is 0.326 e. The lowest BCUT2D eigenvalue weighted by molar-refractivity contribution is -0.140. The van der Waals surface area contributed by atoms with E-state index in [1.807, 2.05) is 20.8 Å². The van der Waals surface area contributed by atoms with Crippen LogP contribution >= 0.6 is 0 Å². The van der Waals surface area contributed by atoms with Gasteiger partial charge in [-0.25, -0.2) is 4.79 Å². The maximum absolute atomic E-state index is 11.9. The molecule has 1 atom stereocenters. The first kappa shape index (κ1) is 16.2. The largest absolute Gasteiger partial charge is 0.480 e. The second kappa shape index (κ2) is 6.56. The minimum atomic E-state index is -1.10. The summed E-state index contributed by atoms with van der Waals surface area (Å²) in [5.74, 6) is -1.50. The number of furan rings is 1. The highest BCUT2D eigenvalue weighted by Gasteiger charge is 2.23. The quantitative estimate of drug-likeness (QED) is 0.833. The molecule has 1 amide bonds. The normalized spacial score (nSPS) is 13.0. The van der Waals surface area contributed by atoms with Gasteiger partial charge >= 0.3 is 5.97 Å². The zero-order valence-electron chi connectivity index (χ0n) is 12.2. The van der Waals surface area contributed by atoms with E-state index in [1.54, 1.807) is 13.0 Å². The number of ether oxygens (including phenoxy) is 1. The van der Waals surface area contributed by atoms with Crippen LogP contribution in [0.2, 0.25) is 0 Å². The zero-order valence-corrected chi connectivity index (χ0v) is 12.2. The average molecular weight is 283 g/mol. The topological polar surface area (TPSA) is 88.8 Å². The van der Waals surface area contributed by atoms with Crippen molar-refractivity contribution in [2.45, 2.75) is 45.8 Å². The number of carbonyl (C=O) groups is 2. The van der Waals surface area contributed by atoms with Crippen LogP contribution in [0, 0.1) is 6.92 Å². The molecule has 0 aliphatic heterocycles. The van der Waals surface area contributed by atoms with Gasteiger partial charge in [-0.15, -0.1) is 0 Å². The molecular formula is C14H21NO5. The van der Waals surface area contributed by atoms with Crippen molar-refractivity contribution >= 4 is 11.9 Å². The van der Waals surface area contributed by atoms with Gasteiger partial charge in [0.1, 0.15) is 6.04 Å². The van der Waals surface area contributed by atoms with Crippen LogP contribution in [0.25, 0.3) is 0 Å².